The summed E-state index contributed by atoms with van der Waals surface area (Å²) in [5, 5.41) is 5.30. The van der Waals surface area contributed by atoms with E-state index < -0.39 is 0 Å². The first kappa shape index (κ1) is 13.8. The van der Waals surface area contributed by atoms with Crippen LogP contribution in [0.25, 0.3) is 10.9 Å². The van der Waals surface area contributed by atoms with Crippen molar-refractivity contribution in [2.75, 3.05) is 7.05 Å². The van der Waals surface area contributed by atoms with Gasteiger partial charge in [0.05, 0.1) is 6.54 Å². The highest BCUT2D eigenvalue weighted by Gasteiger charge is 2.12. The largest absolute Gasteiger partial charge is 0.361 e. The molecule has 2 heterocycles. The maximum atomic E-state index is 5.24. The van der Waals surface area contributed by atoms with E-state index in [1.807, 2.05) is 20.0 Å². The number of hydrogen-bond donors (Lipinski definition) is 1. The van der Waals surface area contributed by atoms with Gasteiger partial charge in [-0.2, -0.15) is 4.98 Å². The molecular weight excluding hydrogens is 264 g/mol. The fraction of sp³-hybridized carbons (Fsp3) is 0.375. The molecule has 0 saturated carbocycles. The summed E-state index contributed by atoms with van der Waals surface area (Å²) in [6, 6.07) is 8.44. The predicted octanol–water partition coefficient (Wildman–Crippen LogP) is 3.31. The van der Waals surface area contributed by atoms with Crippen molar-refractivity contribution < 1.29 is 4.52 Å². The molecular formula is C16H20N4O. The fourth-order valence-electron chi connectivity index (χ4n) is 2.44. The smallest absolute Gasteiger partial charge is 0.229 e. The molecule has 1 aromatic carbocycles. The molecule has 2 aromatic heterocycles. The number of benzene rings is 1. The topological polar surface area (TPSA) is 58.0 Å². The molecule has 0 fully saturated rings. The summed E-state index contributed by atoms with van der Waals surface area (Å²) in [7, 11) is 2.07. The minimum Gasteiger partial charge on any atom is -0.361 e. The zero-order chi connectivity index (χ0) is 14.8. The van der Waals surface area contributed by atoms with Gasteiger partial charge in [0, 0.05) is 29.6 Å². The fourth-order valence-corrected chi connectivity index (χ4v) is 2.44. The van der Waals surface area contributed by atoms with Crippen LogP contribution in [0.3, 0.4) is 0 Å². The van der Waals surface area contributed by atoms with Crippen molar-refractivity contribution in [1.29, 1.82) is 0 Å². The predicted molar refractivity (Wildman–Crippen MR) is 81.9 cm³/mol. The van der Waals surface area contributed by atoms with Gasteiger partial charge in [0.1, 0.15) is 0 Å². The van der Waals surface area contributed by atoms with Gasteiger partial charge in [-0.1, -0.05) is 31.1 Å². The summed E-state index contributed by atoms with van der Waals surface area (Å²) in [6.07, 6.45) is 1.97. The Kier molecular flexibility index (Phi) is 3.75. The average Bonchev–Trinajstić information content (AvgIpc) is 3.07. The first-order valence-corrected chi connectivity index (χ1v) is 7.19. The van der Waals surface area contributed by atoms with E-state index in [0.717, 1.165) is 12.4 Å². The summed E-state index contributed by atoms with van der Waals surface area (Å²) in [6.45, 7) is 5.62. The third-order valence-corrected chi connectivity index (χ3v) is 3.51. The Morgan fingerprint density at radius 1 is 1.24 bits per heavy atom. The van der Waals surface area contributed by atoms with E-state index in [4.69, 9.17) is 4.52 Å². The SMILES string of the molecule is CC(C)c1nc(CN(C)Cc2cccc3[nH]ccc23)no1. The molecule has 0 radical (unpaired) electrons. The van der Waals surface area contributed by atoms with E-state index in [1.54, 1.807) is 0 Å². The number of fused-ring (bicyclic) bond motifs is 1. The van der Waals surface area contributed by atoms with Crippen molar-refractivity contribution in [3.05, 3.63) is 47.7 Å². The third kappa shape index (κ3) is 2.97. The Morgan fingerprint density at radius 2 is 2.10 bits per heavy atom. The van der Waals surface area contributed by atoms with Crippen molar-refractivity contribution in [3.63, 3.8) is 0 Å². The molecule has 0 saturated heterocycles. The van der Waals surface area contributed by atoms with E-state index in [9.17, 15) is 0 Å². The third-order valence-electron chi connectivity index (χ3n) is 3.51. The number of nitrogens with one attached hydrogen (secondary N) is 1. The molecule has 0 amide bonds. The van der Waals surface area contributed by atoms with Gasteiger partial charge in [-0.3, -0.25) is 4.90 Å². The maximum absolute atomic E-state index is 5.24. The van der Waals surface area contributed by atoms with Crippen LogP contribution < -0.4 is 0 Å². The number of hydrogen-bond acceptors (Lipinski definition) is 4. The first-order chi connectivity index (χ1) is 10.1. The lowest BCUT2D eigenvalue weighted by molar-refractivity contribution is 0.299. The molecule has 3 aromatic rings. The quantitative estimate of drug-likeness (QED) is 0.781. The van der Waals surface area contributed by atoms with Crippen LogP contribution >= 0.6 is 0 Å². The monoisotopic (exact) mass is 284 g/mol. The van der Waals surface area contributed by atoms with E-state index >= 15 is 0 Å². The molecule has 5 nitrogen and oxygen atoms in total. The second-order valence-corrected chi connectivity index (χ2v) is 5.73. The van der Waals surface area contributed by atoms with E-state index in [2.05, 4.69) is 51.3 Å². The van der Waals surface area contributed by atoms with Crippen LogP contribution in [-0.2, 0) is 13.1 Å². The number of nitrogens with zero attached hydrogens (tertiary/aromatic N) is 3. The number of aromatic nitrogens is 3. The van der Waals surface area contributed by atoms with E-state index in [-0.39, 0.29) is 5.92 Å². The average molecular weight is 284 g/mol. The lowest BCUT2D eigenvalue weighted by Gasteiger charge is -2.15. The van der Waals surface area contributed by atoms with Crippen LogP contribution in [0, 0.1) is 0 Å². The highest BCUT2D eigenvalue weighted by atomic mass is 16.5. The maximum Gasteiger partial charge on any atom is 0.229 e. The van der Waals surface area contributed by atoms with Crippen molar-refractivity contribution in [2.45, 2.75) is 32.9 Å². The van der Waals surface area contributed by atoms with Crippen molar-refractivity contribution >= 4 is 10.9 Å². The Balaban J connectivity index is 1.71. The van der Waals surface area contributed by atoms with Gasteiger partial charge in [0.2, 0.25) is 5.89 Å². The molecule has 3 rings (SSSR count). The summed E-state index contributed by atoms with van der Waals surface area (Å²) in [5.41, 5.74) is 2.46. The molecule has 0 aliphatic heterocycles. The van der Waals surface area contributed by atoms with Crippen LogP contribution in [0.1, 0.15) is 37.0 Å². The van der Waals surface area contributed by atoms with Crippen LogP contribution in [0.15, 0.2) is 35.0 Å². The normalized spacial score (nSPS) is 11.9. The van der Waals surface area contributed by atoms with Crippen LogP contribution in [-0.4, -0.2) is 27.1 Å². The standard InChI is InChI=1S/C16H20N4O/c1-11(2)16-18-15(19-21-16)10-20(3)9-12-5-4-6-14-13(12)7-8-17-14/h4-8,11,17H,9-10H2,1-3H3. The molecule has 21 heavy (non-hydrogen) atoms. The molecule has 0 aliphatic carbocycles. The molecule has 0 spiro atoms. The lowest BCUT2D eigenvalue weighted by Crippen LogP contribution is -2.18. The summed E-state index contributed by atoms with van der Waals surface area (Å²) in [4.78, 5) is 9.85. The summed E-state index contributed by atoms with van der Waals surface area (Å²) >= 11 is 0. The Morgan fingerprint density at radius 3 is 2.86 bits per heavy atom. The molecule has 110 valence electrons. The van der Waals surface area contributed by atoms with Gasteiger partial charge < -0.3 is 9.51 Å². The van der Waals surface area contributed by atoms with Crippen LogP contribution in [0.2, 0.25) is 0 Å². The molecule has 1 N–H and O–H groups in total. The highest BCUT2D eigenvalue weighted by Crippen LogP contribution is 2.19. The van der Waals surface area contributed by atoms with Gasteiger partial charge in [0.15, 0.2) is 5.82 Å². The minimum atomic E-state index is 0.269. The number of rotatable bonds is 5. The highest BCUT2D eigenvalue weighted by molar-refractivity contribution is 5.82. The Labute approximate surface area is 124 Å². The summed E-state index contributed by atoms with van der Waals surface area (Å²) < 4.78 is 5.24. The molecule has 5 heteroatoms. The van der Waals surface area contributed by atoms with Gasteiger partial charge in [-0.15, -0.1) is 0 Å². The molecule has 0 atom stereocenters. The van der Waals surface area contributed by atoms with Crippen LogP contribution in [0.4, 0.5) is 0 Å². The second kappa shape index (κ2) is 5.69. The van der Waals surface area contributed by atoms with E-state index in [0.29, 0.717) is 12.4 Å². The minimum absolute atomic E-state index is 0.269. The Hall–Kier alpha value is -2.14. The summed E-state index contributed by atoms with van der Waals surface area (Å²) in [5.74, 6) is 1.71. The van der Waals surface area contributed by atoms with Crippen molar-refractivity contribution in [1.82, 2.24) is 20.0 Å². The van der Waals surface area contributed by atoms with Gasteiger partial charge in [-0.25, -0.2) is 0 Å². The molecule has 0 bridgehead atoms. The van der Waals surface area contributed by atoms with Crippen LogP contribution in [0.5, 0.6) is 0 Å². The zero-order valence-electron chi connectivity index (χ0n) is 12.6. The van der Waals surface area contributed by atoms with Crippen molar-refractivity contribution in [3.8, 4) is 0 Å². The lowest BCUT2D eigenvalue weighted by atomic mass is 10.1. The van der Waals surface area contributed by atoms with Crippen molar-refractivity contribution in [2.24, 2.45) is 0 Å². The van der Waals surface area contributed by atoms with Gasteiger partial charge in [-0.05, 0) is 24.7 Å². The second-order valence-electron chi connectivity index (χ2n) is 5.73. The van der Waals surface area contributed by atoms with Gasteiger partial charge >= 0.3 is 0 Å². The zero-order valence-corrected chi connectivity index (χ0v) is 12.6. The number of H-pyrrole nitrogens is 1. The molecule has 0 unspecified atom stereocenters. The Bertz CT molecular complexity index is 729. The molecule has 0 aliphatic rings. The first-order valence-electron chi connectivity index (χ1n) is 7.19. The van der Waals surface area contributed by atoms with E-state index in [1.165, 1.54) is 16.5 Å². The number of aromatic amines is 1. The van der Waals surface area contributed by atoms with Gasteiger partial charge in [0.25, 0.3) is 0 Å².